The third-order valence-electron chi connectivity index (χ3n) is 3.70. The average molecular weight is 318 g/mol. The number of hydrogen-bond donors (Lipinski definition) is 1. The number of aromatic nitrogens is 4. The van der Waals surface area contributed by atoms with Gasteiger partial charge in [-0.3, -0.25) is 0 Å². The van der Waals surface area contributed by atoms with Gasteiger partial charge in [0, 0.05) is 25.7 Å². The molecule has 1 amide bonds. The summed E-state index contributed by atoms with van der Waals surface area (Å²) in [6.07, 6.45) is 2.94. The van der Waals surface area contributed by atoms with Crippen LogP contribution in [0.3, 0.4) is 0 Å². The number of nitrogens with two attached hydrogens (primary N) is 1. The number of ether oxygens (including phenoxy) is 1. The summed E-state index contributed by atoms with van der Waals surface area (Å²) in [5.74, 6) is 1.12. The number of hydrogen-bond acceptors (Lipinski definition) is 6. The van der Waals surface area contributed by atoms with Crippen LogP contribution in [-0.2, 0) is 24.1 Å². The Bertz CT molecular complexity index is 733. The van der Waals surface area contributed by atoms with Gasteiger partial charge in [0.15, 0.2) is 5.82 Å². The molecule has 0 unspecified atom stereocenters. The van der Waals surface area contributed by atoms with Crippen molar-refractivity contribution in [1.82, 2.24) is 24.5 Å². The highest BCUT2D eigenvalue weighted by atomic mass is 16.6. The second-order valence-corrected chi connectivity index (χ2v) is 6.64. The minimum absolute atomic E-state index is 0.280. The molecule has 2 N–H and O–H groups in total. The predicted octanol–water partition coefficient (Wildman–Crippen LogP) is 0.919. The van der Waals surface area contributed by atoms with Crippen molar-refractivity contribution in [3.63, 3.8) is 0 Å². The zero-order chi connectivity index (χ0) is 16.6. The topological polar surface area (TPSA) is 98.6 Å². The fraction of sp³-hybridized carbons (Fsp3) is 0.600. The average Bonchev–Trinajstić information content (AvgIpc) is 2.77. The fourth-order valence-corrected chi connectivity index (χ4v) is 2.64. The minimum Gasteiger partial charge on any atom is -0.444 e. The van der Waals surface area contributed by atoms with Gasteiger partial charge in [-0.25, -0.2) is 14.3 Å². The highest BCUT2D eigenvalue weighted by Gasteiger charge is 2.25. The lowest BCUT2D eigenvalue weighted by atomic mass is 10.1. The van der Waals surface area contributed by atoms with Crippen LogP contribution in [-0.4, -0.2) is 49.3 Å². The highest BCUT2D eigenvalue weighted by Crippen LogP contribution is 2.18. The van der Waals surface area contributed by atoms with E-state index in [2.05, 4.69) is 15.1 Å². The van der Waals surface area contributed by atoms with E-state index < -0.39 is 5.60 Å². The molecule has 0 spiro atoms. The van der Waals surface area contributed by atoms with Gasteiger partial charge in [-0.1, -0.05) is 0 Å². The Morgan fingerprint density at radius 2 is 2.09 bits per heavy atom. The summed E-state index contributed by atoms with van der Waals surface area (Å²) in [6, 6.07) is 0. The Labute approximate surface area is 134 Å². The molecule has 8 heteroatoms. The first kappa shape index (κ1) is 15.7. The Balaban J connectivity index is 1.84. The van der Waals surface area contributed by atoms with Gasteiger partial charge in [0.1, 0.15) is 5.60 Å². The second kappa shape index (κ2) is 5.77. The monoisotopic (exact) mass is 318 g/mol. The molecule has 8 nitrogen and oxygen atoms in total. The van der Waals surface area contributed by atoms with Crippen LogP contribution in [0.5, 0.6) is 0 Å². The van der Waals surface area contributed by atoms with Crippen molar-refractivity contribution in [2.24, 2.45) is 5.73 Å². The summed E-state index contributed by atoms with van der Waals surface area (Å²) < 4.78 is 7.21. The van der Waals surface area contributed by atoms with E-state index in [9.17, 15) is 4.79 Å². The molecule has 0 saturated carbocycles. The molecule has 0 aliphatic carbocycles. The van der Waals surface area contributed by atoms with Crippen LogP contribution in [0.2, 0.25) is 0 Å². The van der Waals surface area contributed by atoms with Gasteiger partial charge in [-0.2, -0.15) is 4.98 Å². The molecule has 2 aromatic heterocycles. The molecule has 0 aromatic carbocycles. The lowest BCUT2D eigenvalue weighted by molar-refractivity contribution is 0.0258. The normalized spacial score (nSPS) is 15.4. The van der Waals surface area contributed by atoms with Crippen molar-refractivity contribution in [3.8, 4) is 0 Å². The zero-order valence-electron chi connectivity index (χ0n) is 13.7. The molecular formula is C15H22N6O2. The van der Waals surface area contributed by atoms with Gasteiger partial charge in [0.25, 0.3) is 5.78 Å². The van der Waals surface area contributed by atoms with Crippen LogP contribution in [0.1, 0.15) is 37.9 Å². The van der Waals surface area contributed by atoms with Crippen LogP contribution >= 0.6 is 0 Å². The van der Waals surface area contributed by atoms with E-state index in [1.807, 2.05) is 27.0 Å². The summed E-state index contributed by atoms with van der Waals surface area (Å²) in [7, 11) is 0. The molecule has 0 bridgehead atoms. The van der Waals surface area contributed by atoms with E-state index in [1.165, 1.54) is 0 Å². The predicted molar refractivity (Wildman–Crippen MR) is 83.9 cm³/mol. The molecule has 0 fully saturated rings. The molecule has 3 heterocycles. The van der Waals surface area contributed by atoms with E-state index in [0.717, 1.165) is 17.7 Å². The third kappa shape index (κ3) is 3.26. The Morgan fingerprint density at radius 3 is 2.78 bits per heavy atom. The number of carbonyl (C=O) groups is 1. The van der Waals surface area contributed by atoms with Gasteiger partial charge in [-0.05, 0) is 32.8 Å². The molecule has 0 saturated heterocycles. The molecule has 2 aromatic rings. The number of fused-ring (bicyclic) bond motifs is 3. The van der Waals surface area contributed by atoms with E-state index in [0.29, 0.717) is 31.1 Å². The van der Waals surface area contributed by atoms with Gasteiger partial charge >= 0.3 is 6.09 Å². The maximum Gasteiger partial charge on any atom is 0.410 e. The van der Waals surface area contributed by atoms with Gasteiger partial charge in [0.05, 0.1) is 12.2 Å². The number of carbonyl (C=O) groups excluding carboxylic acids is 1. The van der Waals surface area contributed by atoms with Crippen molar-refractivity contribution < 1.29 is 9.53 Å². The number of nitrogens with zero attached hydrogens (tertiary/aromatic N) is 5. The molecule has 0 radical (unpaired) electrons. The maximum absolute atomic E-state index is 12.3. The van der Waals surface area contributed by atoms with E-state index in [-0.39, 0.29) is 12.6 Å². The summed E-state index contributed by atoms with van der Waals surface area (Å²) in [5.41, 5.74) is 7.23. The highest BCUT2D eigenvalue weighted by molar-refractivity contribution is 5.68. The van der Waals surface area contributed by atoms with Gasteiger partial charge < -0.3 is 15.4 Å². The Hall–Kier alpha value is -2.22. The smallest absolute Gasteiger partial charge is 0.410 e. The van der Waals surface area contributed by atoms with Crippen molar-refractivity contribution >= 4 is 11.9 Å². The summed E-state index contributed by atoms with van der Waals surface area (Å²) >= 11 is 0. The first-order valence-electron chi connectivity index (χ1n) is 7.78. The Morgan fingerprint density at radius 1 is 1.35 bits per heavy atom. The Kier molecular flexibility index (Phi) is 3.93. The summed E-state index contributed by atoms with van der Waals surface area (Å²) in [6.45, 7) is 7.08. The van der Waals surface area contributed by atoms with Gasteiger partial charge in [0.2, 0.25) is 0 Å². The van der Waals surface area contributed by atoms with Gasteiger partial charge in [-0.15, -0.1) is 5.10 Å². The standard InChI is InChI=1S/C15H22N6O2/c1-15(2,3)23-14(22)20-6-4-10-9-17-13-18-12(8-16)19-21(13)11(10)5-7-20/h9H,4-8,16H2,1-3H3. The van der Waals surface area contributed by atoms with Crippen molar-refractivity contribution in [3.05, 3.63) is 23.3 Å². The lowest BCUT2D eigenvalue weighted by Crippen LogP contribution is -2.38. The van der Waals surface area contributed by atoms with Crippen molar-refractivity contribution in [1.29, 1.82) is 0 Å². The van der Waals surface area contributed by atoms with Crippen LogP contribution in [0.15, 0.2) is 6.20 Å². The van der Waals surface area contributed by atoms with E-state index in [4.69, 9.17) is 10.5 Å². The quantitative estimate of drug-likeness (QED) is 0.839. The lowest BCUT2D eigenvalue weighted by Gasteiger charge is -2.26. The fourth-order valence-electron chi connectivity index (χ4n) is 2.64. The van der Waals surface area contributed by atoms with Crippen molar-refractivity contribution in [2.45, 2.75) is 45.8 Å². The van der Waals surface area contributed by atoms with E-state index >= 15 is 0 Å². The van der Waals surface area contributed by atoms with Crippen LogP contribution in [0.4, 0.5) is 4.79 Å². The van der Waals surface area contributed by atoms with Crippen LogP contribution in [0.25, 0.3) is 5.78 Å². The largest absolute Gasteiger partial charge is 0.444 e. The molecule has 1 aliphatic heterocycles. The summed E-state index contributed by atoms with van der Waals surface area (Å²) in [4.78, 5) is 22.6. The van der Waals surface area contributed by atoms with Crippen LogP contribution < -0.4 is 5.73 Å². The van der Waals surface area contributed by atoms with E-state index in [1.54, 1.807) is 9.42 Å². The third-order valence-corrected chi connectivity index (χ3v) is 3.70. The SMILES string of the molecule is CC(C)(C)OC(=O)N1CCc2cnc3nc(CN)nn3c2CC1. The summed E-state index contributed by atoms with van der Waals surface area (Å²) in [5, 5.41) is 4.40. The molecule has 23 heavy (non-hydrogen) atoms. The molecular weight excluding hydrogens is 296 g/mol. The minimum atomic E-state index is -0.493. The molecule has 3 rings (SSSR count). The molecule has 1 aliphatic rings. The first-order chi connectivity index (χ1) is 10.9. The maximum atomic E-state index is 12.3. The molecule has 0 atom stereocenters. The zero-order valence-corrected chi connectivity index (χ0v) is 13.7. The second-order valence-electron chi connectivity index (χ2n) is 6.64. The van der Waals surface area contributed by atoms with Crippen LogP contribution in [0, 0.1) is 0 Å². The number of amides is 1. The number of rotatable bonds is 1. The first-order valence-corrected chi connectivity index (χ1v) is 7.78. The molecule has 124 valence electrons. The van der Waals surface area contributed by atoms with Crippen molar-refractivity contribution in [2.75, 3.05) is 13.1 Å².